The van der Waals surface area contributed by atoms with Crippen LogP contribution in [0.3, 0.4) is 0 Å². The molecular formula is C12H25ClN2O. The molecule has 1 atom stereocenters. The molecule has 3 N–H and O–H groups in total. The topological polar surface area (TPSA) is 55.1 Å². The van der Waals surface area contributed by atoms with Crippen molar-refractivity contribution in [3.63, 3.8) is 0 Å². The third-order valence-corrected chi connectivity index (χ3v) is 3.66. The number of carbonyl (C=O) groups is 1. The van der Waals surface area contributed by atoms with E-state index in [1.165, 1.54) is 6.42 Å². The number of amides is 1. The van der Waals surface area contributed by atoms with Gasteiger partial charge in [0, 0.05) is 18.0 Å². The van der Waals surface area contributed by atoms with Gasteiger partial charge in [0.15, 0.2) is 0 Å². The Hall–Kier alpha value is -0.280. The van der Waals surface area contributed by atoms with Crippen molar-refractivity contribution in [2.45, 2.75) is 52.5 Å². The Morgan fingerprint density at radius 3 is 2.25 bits per heavy atom. The van der Waals surface area contributed by atoms with Gasteiger partial charge in [-0.05, 0) is 24.7 Å². The van der Waals surface area contributed by atoms with Crippen molar-refractivity contribution in [2.24, 2.45) is 17.1 Å². The van der Waals surface area contributed by atoms with E-state index in [1.807, 2.05) is 6.92 Å². The maximum atomic E-state index is 11.8. The van der Waals surface area contributed by atoms with Crippen molar-refractivity contribution in [3.05, 3.63) is 0 Å². The van der Waals surface area contributed by atoms with Gasteiger partial charge in [-0.1, -0.05) is 27.7 Å². The molecular weight excluding hydrogens is 224 g/mol. The summed E-state index contributed by atoms with van der Waals surface area (Å²) in [7, 11) is 0. The van der Waals surface area contributed by atoms with Crippen LogP contribution in [-0.4, -0.2) is 18.0 Å². The Labute approximate surface area is 105 Å². The predicted molar refractivity (Wildman–Crippen MR) is 69.6 cm³/mol. The minimum Gasteiger partial charge on any atom is -0.354 e. The average Bonchev–Trinajstić information content (AvgIpc) is 2.08. The molecule has 0 radical (unpaired) electrons. The van der Waals surface area contributed by atoms with Gasteiger partial charge in [-0.15, -0.1) is 12.4 Å². The van der Waals surface area contributed by atoms with Crippen LogP contribution < -0.4 is 11.1 Å². The summed E-state index contributed by atoms with van der Waals surface area (Å²) >= 11 is 0. The summed E-state index contributed by atoms with van der Waals surface area (Å²) in [5.41, 5.74) is 5.95. The Morgan fingerprint density at radius 2 is 1.94 bits per heavy atom. The summed E-state index contributed by atoms with van der Waals surface area (Å²) in [5.74, 6) is 0.153. The van der Waals surface area contributed by atoms with Gasteiger partial charge >= 0.3 is 0 Å². The van der Waals surface area contributed by atoms with Crippen LogP contribution in [0.15, 0.2) is 0 Å². The number of nitrogens with two attached hydrogens (primary N) is 1. The van der Waals surface area contributed by atoms with Gasteiger partial charge in [0.1, 0.15) is 0 Å². The molecule has 0 spiro atoms. The lowest BCUT2D eigenvalue weighted by molar-refractivity contribution is -0.127. The standard InChI is InChI=1S/C12H24N2O.ClH/c1-9(11(2,3)4)10(15)14-8-12(13)6-5-7-12;/h9H,5-8,13H2,1-4H3,(H,14,15);1H. The highest BCUT2D eigenvalue weighted by molar-refractivity contribution is 5.85. The molecule has 1 rings (SSSR count). The summed E-state index contributed by atoms with van der Waals surface area (Å²) < 4.78 is 0. The molecule has 1 aliphatic rings. The molecule has 4 heteroatoms. The first-order chi connectivity index (χ1) is 6.75. The number of hydrogen-bond donors (Lipinski definition) is 2. The second kappa shape index (κ2) is 5.37. The maximum absolute atomic E-state index is 11.8. The molecule has 0 bridgehead atoms. The lowest BCUT2D eigenvalue weighted by Crippen LogP contribution is -2.55. The highest BCUT2D eigenvalue weighted by atomic mass is 35.5. The minimum atomic E-state index is -0.118. The van der Waals surface area contributed by atoms with Gasteiger partial charge in [0.25, 0.3) is 0 Å². The fourth-order valence-corrected chi connectivity index (χ4v) is 1.62. The third-order valence-electron chi connectivity index (χ3n) is 3.66. The van der Waals surface area contributed by atoms with E-state index < -0.39 is 0 Å². The first kappa shape index (κ1) is 15.7. The number of hydrogen-bond acceptors (Lipinski definition) is 2. The maximum Gasteiger partial charge on any atom is 0.223 e. The second-order valence-corrected chi connectivity index (χ2v) is 6.02. The van der Waals surface area contributed by atoms with Crippen LogP contribution in [0.25, 0.3) is 0 Å². The highest BCUT2D eigenvalue weighted by Gasteiger charge is 2.34. The summed E-state index contributed by atoms with van der Waals surface area (Å²) in [5, 5.41) is 2.97. The SMILES string of the molecule is CC(C(=O)NCC1(N)CCC1)C(C)(C)C.Cl. The fraction of sp³-hybridized carbons (Fsp3) is 0.917. The summed E-state index contributed by atoms with van der Waals surface area (Å²) in [4.78, 5) is 11.8. The number of halogens is 1. The van der Waals surface area contributed by atoms with Crippen LogP contribution in [-0.2, 0) is 4.79 Å². The molecule has 1 amide bonds. The van der Waals surface area contributed by atoms with E-state index in [1.54, 1.807) is 0 Å². The average molecular weight is 249 g/mol. The monoisotopic (exact) mass is 248 g/mol. The number of nitrogens with one attached hydrogen (secondary N) is 1. The zero-order chi connectivity index (χ0) is 11.7. The highest BCUT2D eigenvalue weighted by Crippen LogP contribution is 2.29. The van der Waals surface area contributed by atoms with Crippen LogP contribution in [0, 0.1) is 11.3 Å². The van der Waals surface area contributed by atoms with Crippen LogP contribution in [0.2, 0.25) is 0 Å². The lowest BCUT2D eigenvalue weighted by atomic mass is 9.77. The van der Waals surface area contributed by atoms with Crippen molar-refractivity contribution >= 4 is 18.3 Å². The molecule has 0 aromatic rings. The largest absolute Gasteiger partial charge is 0.354 e. The molecule has 1 aliphatic carbocycles. The molecule has 1 saturated carbocycles. The van der Waals surface area contributed by atoms with E-state index in [0.717, 1.165) is 12.8 Å². The van der Waals surface area contributed by atoms with Gasteiger partial charge in [-0.2, -0.15) is 0 Å². The van der Waals surface area contributed by atoms with Crippen LogP contribution in [0.5, 0.6) is 0 Å². The van der Waals surface area contributed by atoms with Gasteiger partial charge in [-0.25, -0.2) is 0 Å². The summed E-state index contributed by atoms with van der Waals surface area (Å²) in [6.07, 6.45) is 3.27. The molecule has 1 unspecified atom stereocenters. The van der Waals surface area contributed by atoms with E-state index in [2.05, 4.69) is 26.1 Å². The van der Waals surface area contributed by atoms with Crippen molar-refractivity contribution in [2.75, 3.05) is 6.54 Å². The fourth-order valence-electron chi connectivity index (χ4n) is 1.62. The molecule has 16 heavy (non-hydrogen) atoms. The van der Waals surface area contributed by atoms with E-state index in [9.17, 15) is 4.79 Å². The first-order valence-corrected chi connectivity index (χ1v) is 5.81. The Bertz CT molecular complexity index is 244. The zero-order valence-corrected chi connectivity index (χ0v) is 11.6. The number of rotatable bonds is 3. The molecule has 0 heterocycles. The van der Waals surface area contributed by atoms with Crippen molar-refractivity contribution in [3.8, 4) is 0 Å². The van der Waals surface area contributed by atoms with Crippen molar-refractivity contribution < 1.29 is 4.79 Å². The zero-order valence-electron chi connectivity index (χ0n) is 10.8. The molecule has 0 aromatic carbocycles. The van der Waals surface area contributed by atoms with Gasteiger partial charge < -0.3 is 11.1 Å². The van der Waals surface area contributed by atoms with E-state index in [-0.39, 0.29) is 35.2 Å². The Morgan fingerprint density at radius 1 is 1.44 bits per heavy atom. The molecule has 1 fully saturated rings. The predicted octanol–water partition coefficient (Wildman–Crippen LogP) is 2.09. The normalized spacial score (nSPS) is 20.3. The van der Waals surface area contributed by atoms with Gasteiger partial charge in [0.2, 0.25) is 5.91 Å². The van der Waals surface area contributed by atoms with Gasteiger partial charge in [0.05, 0.1) is 0 Å². The smallest absolute Gasteiger partial charge is 0.223 e. The van der Waals surface area contributed by atoms with Crippen LogP contribution >= 0.6 is 12.4 Å². The molecule has 3 nitrogen and oxygen atoms in total. The van der Waals surface area contributed by atoms with E-state index in [4.69, 9.17) is 5.73 Å². The van der Waals surface area contributed by atoms with E-state index >= 15 is 0 Å². The lowest BCUT2D eigenvalue weighted by Gasteiger charge is -2.38. The Balaban J connectivity index is 0.00000225. The van der Waals surface area contributed by atoms with Crippen molar-refractivity contribution in [1.29, 1.82) is 0 Å². The number of carbonyl (C=O) groups excluding carboxylic acids is 1. The molecule has 0 aromatic heterocycles. The quantitative estimate of drug-likeness (QED) is 0.804. The first-order valence-electron chi connectivity index (χ1n) is 5.81. The molecule has 0 aliphatic heterocycles. The van der Waals surface area contributed by atoms with Crippen molar-refractivity contribution in [1.82, 2.24) is 5.32 Å². The molecule has 0 saturated heterocycles. The van der Waals surface area contributed by atoms with Crippen LogP contribution in [0.4, 0.5) is 0 Å². The third kappa shape index (κ3) is 3.95. The second-order valence-electron chi connectivity index (χ2n) is 6.02. The van der Waals surface area contributed by atoms with Gasteiger partial charge in [-0.3, -0.25) is 4.79 Å². The van der Waals surface area contributed by atoms with Crippen LogP contribution in [0.1, 0.15) is 47.0 Å². The Kier molecular flexibility index (Phi) is 5.27. The van der Waals surface area contributed by atoms with E-state index in [0.29, 0.717) is 6.54 Å². The summed E-state index contributed by atoms with van der Waals surface area (Å²) in [6, 6.07) is 0. The minimum absolute atomic E-state index is 0. The molecule has 96 valence electrons. The summed E-state index contributed by atoms with van der Waals surface area (Å²) in [6.45, 7) is 8.85.